The van der Waals surface area contributed by atoms with Crippen molar-refractivity contribution in [3.8, 4) is 11.1 Å². The minimum Gasteiger partial charge on any atom is -0.481 e. The third-order valence-electron chi connectivity index (χ3n) is 4.81. The number of carboxylic acid groups (broad SMARTS) is 1. The fourth-order valence-electron chi connectivity index (χ4n) is 3.56. The molecule has 2 aromatic carbocycles. The van der Waals surface area contributed by atoms with Crippen LogP contribution < -0.4 is 5.32 Å². The van der Waals surface area contributed by atoms with Gasteiger partial charge in [-0.15, -0.1) is 6.58 Å². The van der Waals surface area contributed by atoms with Crippen LogP contribution in [-0.2, 0) is 9.53 Å². The van der Waals surface area contributed by atoms with Gasteiger partial charge in [0, 0.05) is 12.0 Å². The van der Waals surface area contributed by atoms with Gasteiger partial charge in [0.25, 0.3) is 0 Å². The summed E-state index contributed by atoms with van der Waals surface area (Å²) < 4.78 is 5.46. The summed E-state index contributed by atoms with van der Waals surface area (Å²) in [6, 6.07) is 15.8. The third kappa shape index (κ3) is 4.37. The minimum atomic E-state index is -0.956. The fraction of sp³-hybridized carbons (Fsp3) is 0.273. The molecule has 5 nitrogen and oxygen atoms in total. The molecular weight excluding hydrogens is 342 g/mol. The van der Waals surface area contributed by atoms with Crippen LogP contribution in [-0.4, -0.2) is 29.8 Å². The van der Waals surface area contributed by atoms with Crippen molar-refractivity contribution in [3.05, 3.63) is 72.3 Å². The van der Waals surface area contributed by atoms with E-state index in [1.54, 1.807) is 6.08 Å². The first-order chi connectivity index (χ1) is 13.1. The lowest BCUT2D eigenvalue weighted by atomic mass is 9.98. The summed E-state index contributed by atoms with van der Waals surface area (Å²) in [5.74, 6) is -0.975. The van der Waals surface area contributed by atoms with Gasteiger partial charge in [-0.25, -0.2) is 4.79 Å². The number of carboxylic acids is 1. The highest BCUT2D eigenvalue weighted by atomic mass is 16.5. The van der Waals surface area contributed by atoms with Crippen molar-refractivity contribution in [1.82, 2.24) is 5.32 Å². The van der Waals surface area contributed by atoms with Gasteiger partial charge >= 0.3 is 12.1 Å². The normalized spacial score (nSPS) is 13.3. The van der Waals surface area contributed by atoms with Crippen molar-refractivity contribution in [3.63, 3.8) is 0 Å². The number of hydrogen-bond donors (Lipinski definition) is 2. The molecule has 3 rings (SSSR count). The van der Waals surface area contributed by atoms with E-state index in [1.165, 1.54) is 0 Å². The highest BCUT2D eigenvalue weighted by Gasteiger charge is 2.29. The number of rotatable bonds is 8. The van der Waals surface area contributed by atoms with Crippen LogP contribution in [0.3, 0.4) is 0 Å². The topological polar surface area (TPSA) is 75.6 Å². The summed E-state index contributed by atoms with van der Waals surface area (Å²) in [6.45, 7) is 3.84. The Labute approximate surface area is 158 Å². The summed E-state index contributed by atoms with van der Waals surface area (Å²) in [5.41, 5.74) is 4.61. The summed E-state index contributed by atoms with van der Waals surface area (Å²) in [6.07, 6.45) is 2.11. The zero-order valence-corrected chi connectivity index (χ0v) is 15.1. The smallest absolute Gasteiger partial charge is 0.407 e. The Hall–Kier alpha value is -3.08. The first-order valence-corrected chi connectivity index (χ1v) is 9.04. The second-order valence-corrected chi connectivity index (χ2v) is 6.63. The number of ether oxygens (including phenoxy) is 1. The van der Waals surface area contributed by atoms with Crippen LogP contribution in [0.2, 0.25) is 0 Å². The Morgan fingerprint density at radius 2 is 1.70 bits per heavy atom. The van der Waals surface area contributed by atoms with Crippen LogP contribution in [0.25, 0.3) is 11.1 Å². The molecule has 0 aliphatic heterocycles. The van der Waals surface area contributed by atoms with Crippen LogP contribution >= 0.6 is 0 Å². The quantitative estimate of drug-likeness (QED) is 0.683. The highest BCUT2D eigenvalue weighted by molar-refractivity contribution is 5.79. The predicted octanol–water partition coefficient (Wildman–Crippen LogP) is 4.33. The summed E-state index contributed by atoms with van der Waals surface area (Å²) in [5, 5.41) is 11.7. The zero-order chi connectivity index (χ0) is 19.2. The molecule has 140 valence electrons. The molecule has 5 heteroatoms. The van der Waals surface area contributed by atoms with E-state index in [9.17, 15) is 9.59 Å². The predicted molar refractivity (Wildman–Crippen MR) is 104 cm³/mol. The average Bonchev–Trinajstić information content (AvgIpc) is 2.98. The Morgan fingerprint density at radius 1 is 1.11 bits per heavy atom. The number of aliphatic carboxylic acids is 1. The molecule has 0 saturated heterocycles. The molecule has 0 aromatic heterocycles. The number of alkyl carbamates (subject to hydrolysis) is 1. The second kappa shape index (κ2) is 8.54. The summed E-state index contributed by atoms with van der Waals surface area (Å²) in [4.78, 5) is 23.2. The molecule has 0 unspecified atom stereocenters. The summed E-state index contributed by atoms with van der Waals surface area (Å²) >= 11 is 0. The Morgan fingerprint density at radius 3 is 2.26 bits per heavy atom. The lowest BCUT2D eigenvalue weighted by Crippen LogP contribution is -2.37. The monoisotopic (exact) mass is 365 g/mol. The molecule has 0 spiro atoms. The van der Waals surface area contributed by atoms with Crippen LogP contribution in [0.15, 0.2) is 61.2 Å². The number of fused-ring (bicyclic) bond motifs is 3. The molecule has 2 aromatic rings. The Kier molecular flexibility index (Phi) is 5.91. The van der Waals surface area contributed by atoms with Gasteiger partial charge in [0.2, 0.25) is 0 Å². The molecule has 0 heterocycles. The average molecular weight is 365 g/mol. The van der Waals surface area contributed by atoms with Gasteiger partial charge < -0.3 is 15.2 Å². The fourth-order valence-corrected chi connectivity index (χ4v) is 3.56. The lowest BCUT2D eigenvalue weighted by Gasteiger charge is -2.18. The molecule has 0 fully saturated rings. The standard InChI is InChI=1S/C22H23NO4/c1-2-3-8-15(13-21(24)25)23-22(26)27-14-20-18-11-6-4-9-16(18)17-10-5-7-12-19(17)20/h2,4-7,9-12,15,20H,1,3,8,13-14H2,(H,23,26)(H,24,25)/t15-/m0/s1. The van der Waals surface area contributed by atoms with Crippen molar-refractivity contribution in [2.24, 2.45) is 0 Å². The number of nitrogens with one attached hydrogen (secondary N) is 1. The Bertz CT molecular complexity index is 800. The van der Waals surface area contributed by atoms with Crippen molar-refractivity contribution in [1.29, 1.82) is 0 Å². The van der Waals surface area contributed by atoms with E-state index >= 15 is 0 Å². The van der Waals surface area contributed by atoms with Crippen LogP contribution in [0.5, 0.6) is 0 Å². The maximum Gasteiger partial charge on any atom is 0.407 e. The van der Waals surface area contributed by atoms with Gasteiger partial charge in [-0.05, 0) is 35.1 Å². The Balaban J connectivity index is 1.66. The van der Waals surface area contributed by atoms with Gasteiger partial charge in [0.05, 0.1) is 6.42 Å². The van der Waals surface area contributed by atoms with Crippen molar-refractivity contribution >= 4 is 12.1 Å². The van der Waals surface area contributed by atoms with E-state index < -0.39 is 18.1 Å². The van der Waals surface area contributed by atoms with Gasteiger partial charge in [0.15, 0.2) is 0 Å². The molecular formula is C22H23NO4. The van der Waals surface area contributed by atoms with Crippen LogP contribution in [0.1, 0.15) is 36.3 Å². The van der Waals surface area contributed by atoms with E-state index in [0.29, 0.717) is 12.8 Å². The summed E-state index contributed by atoms with van der Waals surface area (Å²) in [7, 11) is 0. The molecule has 1 atom stereocenters. The maximum absolute atomic E-state index is 12.2. The molecule has 0 bridgehead atoms. The van der Waals surface area contributed by atoms with E-state index in [-0.39, 0.29) is 18.9 Å². The largest absolute Gasteiger partial charge is 0.481 e. The molecule has 1 amide bonds. The molecule has 2 N–H and O–H groups in total. The van der Waals surface area contributed by atoms with Crippen molar-refractivity contribution in [2.45, 2.75) is 31.2 Å². The second-order valence-electron chi connectivity index (χ2n) is 6.63. The van der Waals surface area contributed by atoms with Crippen LogP contribution in [0.4, 0.5) is 4.79 Å². The number of amides is 1. The maximum atomic E-state index is 12.2. The number of hydrogen-bond acceptors (Lipinski definition) is 3. The van der Waals surface area contributed by atoms with Gasteiger partial charge in [-0.3, -0.25) is 4.79 Å². The minimum absolute atomic E-state index is 0.0192. The molecule has 0 radical (unpaired) electrons. The number of carbonyl (C=O) groups excluding carboxylic acids is 1. The van der Waals surface area contributed by atoms with E-state index in [4.69, 9.17) is 9.84 Å². The third-order valence-corrected chi connectivity index (χ3v) is 4.81. The first kappa shape index (κ1) is 18.7. The number of allylic oxidation sites excluding steroid dienone is 1. The van der Waals surface area contributed by atoms with E-state index in [1.807, 2.05) is 24.3 Å². The van der Waals surface area contributed by atoms with Gasteiger partial charge in [0.1, 0.15) is 6.61 Å². The van der Waals surface area contributed by atoms with Gasteiger partial charge in [-0.2, -0.15) is 0 Å². The van der Waals surface area contributed by atoms with Crippen LogP contribution in [0, 0.1) is 0 Å². The highest BCUT2D eigenvalue weighted by Crippen LogP contribution is 2.44. The lowest BCUT2D eigenvalue weighted by molar-refractivity contribution is -0.137. The zero-order valence-electron chi connectivity index (χ0n) is 15.1. The number of carbonyl (C=O) groups is 2. The van der Waals surface area contributed by atoms with E-state index in [2.05, 4.69) is 36.2 Å². The van der Waals surface area contributed by atoms with Crippen molar-refractivity contribution in [2.75, 3.05) is 6.61 Å². The SMILES string of the molecule is C=CCC[C@@H](CC(=O)O)NC(=O)OCC1c2ccccc2-c2ccccc21. The molecule has 0 saturated carbocycles. The number of benzene rings is 2. The molecule has 1 aliphatic carbocycles. The molecule has 27 heavy (non-hydrogen) atoms. The first-order valence-electron chi connectivity index (χ1n) is 9.04. The molecule has 1 aliphatic rings. The van der Waals surface area contributed by atoms with Gasteiger partial charge in [-0.1, -0.05) is 54.6 Å². The van der Waals surface area contributed by atoms with Crippen molar-refractivity contribution < 1.29 is 19.4 Å². The van der Waals surface area contributed by atoms with E-state index in [0.717, 1.165) is 22.3 Å².